The Kier molecular flexibility index (Phi) is 8.91. The van der Waals surface area contributed by atoms with Gasteiger partial charge < -0.3 is 19.7 Å². The van der Waals surface area contributed by atoms with Gasteiger partial charge in [0, 0.05) is 17.6 Å². The number of Topliss-reactive ketones (excluding diaryl/α,β-unsaturated/α-hetero) is 1. The first-order valence-electron chi connectivity index (χ1n) is 13.5. The Morgan fingerprint density at radius 2 is 1.68 bits per heavy atom. The molecule has 1 heterocycles. The Labute approximate surface area is 257 Å². The van der Waals surface area contributed by atoms with Gasteiger partial charge in [-0.05, 0) is 59.7 Å². The minimum absolute atomic E-state index is 0.109. The maximum atomic E-state index is 14.6. The number of nitrogens with one attached hydrogen (secondary N) is 1. The van der Waals surface area contributed by atoms with E-state index in [9.17, 15) is 23.6 Å². The third-order valence-corrected chi connectivity index (χ3v) is 7.40. The molecular formula is C33H27ClFN3O6. The topological polar surface area (TPSA) is 105 Å². The number of halogens is 2. The van der Waals surface area contributed by atoms with Crippen molar-refractivity contribution in [2.45, 2.75) is 12.6 Å². The van der Waals surface area contributed by atoms with Gasteiger partial charge in [-0.2, -0.15) is 0 Å². The van der Waals surface area contributed by atoms with Crippen LogP contribution in [-0.2, 0) is 20.9 Å². The van der Waals surface area contributed by atoms with Gasteiger partial charge in [0.1, 0.15) is 29.9 Å². The zero-order valence-corrected chi connectivity index (χ0v) is 24.5. The number of amides is 3. The normalized spacial score (nSPS) is 12.9. The van der Waals surface area contributed by atoms with Crippen LogP contribution in [0.2, 0.25) is 5.02 Å². The number of ether oxygens (including phenoxy) is 2. The third kappa shape index (κ3) is 6.25. The highest BCUT2D eigenvalue weighted by atomic mass is 35.5. The summed E-state index contributed by atoms with van der Waals surface area (Å²) in [5.74, 6) is -2.76. The summed E-state index contributed by atoms with van der Waals surface area (Å²) in [7, 11) is 2.92. The Balaban J connectivity index is 1.57. The Bertz CT molecular complexity index is 1750. The first kappa shape index (κ1) is 30.2. The van der Waals surface area contributed by atoms with Crippen molar-refractivity contribution in [3.05, 3.63) is 119 Å². The molecular weight excluding hydrogens is 589 g/mol. The molecule has 1 aliphatic rings. The van der Waals surface area contributed by atoms with E-state index in [0.29, 0.717) is 22.1 Å². The van der Waals surface area contributed by atoms with Crippen molar-refractivity contribution >= 4 is 46.5 Å². The second-order valence-electron chi connectivity index (χ2n) is 9.90. The number of para-hydroxylation sites is 1. The molecule has 0 aliphatic carbocycles. The SMILES string of the molecule is COc1ccc(NC(=O)C(c2cccc(F)c2)N(Cc2ccc(Cl)cc2)C(=O)CN2C(=O)C(=O)c3ccccc32)c(OC)c1. The van der Waals surface area contributed by atoms with E-state index in [-0.39, 0.29) is 29.0 Å². The van der Waals surface area contributed by atoms with Crippen LogP contribution in [0.4, 0.5) is 15.8 Å². The molecule has 4 aromatic rings. The van der Waals surface area contributed by atoms with Crippen molar-refractivity contribution in [1.82, 2.24) is 4.90 Å². The molecule has 1 aliphatic heterocycles. The van der Waals surface area contributed by atoms with Gasteiger partial charge in [0.2, 0.25) is 5.91 Å². The van der Waals surface area contributed by atoms with Gasteiger partial charge in [-0.15, -0.1) is 0 Å². The lowest BCUT2D eigenvalue weighted by atomic mass is 10.0. The van der Waals surface area contributed by atoms with Gasteiger partial charge >= 0.3 is 0 Å². The summed E-state index contributed by atoms with van der Waals surface area (Å²) in [6.45, 7) is -0.651. The Hall–Kier alpha value is -5.22. The first-order valence-corrected chi connectivity index (χ1v) is 13.9. The molecule has 44 heavy (non-hydrogen) atoms. The number of ketones is 1. The van der Waals surface area contributed by atoms with Crippen LogP contribution < -0.4 is 19.7 Å². The highest BCUT2D eigenvalue weighted by Gasteiger charge is 2.39. The van der Waals surface area contributed by atoms with Gasteiger partial charge in [0.15, 0.2) is 0 Å². The lowest BCUT2D eigenvalue weighted by molar-refractivity contribution is -0.139. The van der Waals surface area contributed by atoms with E-state index >= 15 is 0 Å². The molecule has 0 saturated carbocycles. The van der Waals surface area contributed by atoms with Crippen LogP contribution >= 0.6 is 11.6 Å². The maximum Gasteiger partial charge on any atom is 0.299 e. The van der Waals surface area contributed by atoms with Crippen LogP contribution in [0.3, 0.4) is 0 Å². The van der Waals surface area contributed by atoms with E-state index in [4.69, 9.17) is 21.1 Å². The molecule has 0 radical (unpaired) electrons. The summed E-state index contributed by atoms with van der Waals surface area (Å²) in [4.78, 5) is 56.2. The average Bonchev–Trinajstić information content (AvgIpc) is 3.26. The molecule has 1 unspecified atom stereocenters. The van der Waals surface area contributed by atoms with Crippen molar-refractivity contribution in [2.75, 3.05) is 31.0 Å². The fourth-order valence-electron chi connectivity index (χ4n) is 4.99. The molecule has 9 nitrogen and oxygen atoms in total. The van der Waals surface area contributed by atoms with Crippen molar-refractivity contribution in [3.63, 3.8) is 0 Å². The maximum absolute atomic E-state index is 14.6. The van der Waals surface area contributed by atoms with Crippen LogP contribution in [0.15, 0.2) is 91.0 Å². The van der Waals surface area contributed by atoms with Crippen LogP contribution in [-0.4, -0.2) is 49.2 Å². The highest BCUT2D eigenvalue weighted by molar-refractivity contribution is 6.52. The lowest BCUT2D eigenvalue weighted by Gasteiger charge is -2.33. The number of nitrogens with zero attached hydrogens (tertiary/aromatic N) is 2. The minimum Gasteiger partial charge on any atom is -0.497 e. The fourth-order valence-corrected chi connectivity index (χ4v) is 5.12. The number of anilines is 2. The van der Waals surface area contributed by atoms with Crippen molar-refractivity contribution in [2.24, 2.45) is 0 Å². The van der Waals surface area contributed by atoms with Gasteiger partial charge in [-0.1, -0.05) is 48.0 Å². The lowest BCUT2D eigenvalue weighted by Crippen LogP contribution is -2.46. The second-order valence-corrected chi connectivity index (χ2v) is 10.3. The number of benzene rings is 4. The summed E-state index contributed by atoms with van der Waals surface area (Å²) in [6.07, 6.45) is 0. The van der Waals surface area contributed by atoms with Gasteiger partial charge in [-0.25, -0.2) is 4.39 Å². The predicted octanol–water partition coefficient (Wildman–Crippen LogP) is 5.43. The summed E-state index contributed by atoms with van der Waals surface area (Å²) in [5.41, 5.74) is 1.55. The van der Waals surface area contributed by atoms with Gasteiger partial charge in [-0.3, -0.25) is 24.1 Å². The van der Waals surface area contributed by atoms with E-state index in [2.05, 4.69) is 5.32 Å². The molecule has 3 amide bonds. The molecule has 5 rings (SSSR count). The number of fused-ring (bicyclic) bond motifs is 1. The van der Waals surface area contributed by atoms with Gasteiger partial charge in [0.05, 0.1) is 31.2 Å². The summed E-state index contributed by atoms with van der Waals surface area (Å²) in [6, 6.07) is 21.8. The fraction of sp³-hybridized carbons (Fsp3) is 0.152. The number of rotatable bonds is 10. The number of carbonyl (C=O) groups excluding carboxylic acids is 4. The van der Waals surface area contributed by atoms with Crippen molar-refractivity contribution in [1.29, 1.82) is 0 Å². The van der Waals surface area contributed by atoms with E-state index in [0.717, 1.165) is 11.0 Å². The highest BCUT2D eigenvalue weighted by Crippen LogP contribution is 2.33. The molecule has 1 N–H and O–H groups in total. The minimum atomic E-state index is -1.37. The van der Waals surface area contributed by atoms with Gasteiger partial charge in [0.25, 0.3) is 17.6 Å². The summed E-state index contributed by atoms with van der Waals surface area (Å²) < 4.78 is 25.2. The predicted molar refractivity (Wildman–Crippen MR) is 162 cm³/mol. The quantitative estimate of drug-likeness (QED) is 0.238. The molecule has 224 valence electrons. The molecule has 0 fully saturated rings. The Morgan fingerprint density at radius 1 is 0.932 bits per heavy atom. The zero-order chi connectivity index (χ0) is 31.4. The summed E-state index contributed by atoms with van der Waals surface area (Å²) in [5, 5.41) is 3.26. The van der Waals surface area contributed by atoms with E-state index in [1.807, 2.05) is 0 Å². The smallest absolute Gasteiger partial charge is 0.299 e. The zero-order valence-electron chi connectivity index (χ0n) is 23.8. The van der Waals surface area contributed by atoms with Crippen molar-refractivity contribution in [3.8, 4) is 11.5 Å². The molecule has 0 saturated heterocycles. The molecule has 0 aromatic heterocycles. The average molecular weight is 616 g/mol. The number of carbonyl (C=O) groups is 4. The molecule has 0 spiro atoms. The molecule has 4 aromatic carbocycles. The largest absolute Gasteiger partial charge is 0.497 e. The van der Waals surface area contributed by atoms with E-state index in [1.165, 1.54) is 43.4 Å². The number of hydrogen-bond donors (Lipinski definition) is 1. The monoisotopic (exact) mass is 615 g/mol. The third-order valence-electron chi connectivity index (χ3n) is 7.15. The molecule has 1 atom stereocenters. The van der Waals surface area contributed by atoms with Crippen molar-refractivity contribution < 1.29 is 33.0 Å². The standard InChI is InChI=1S/C33H27ClFN3O6/c1-43-24-14-15-26(28(17-24)44-2)36-32(41)30(21-6-5-7-23(35)16-21)38(18-20-10-12-22(34)13-11-20)29(39)19-37-27-9-4-3-8-25(27)31(40)33(37)42/h3-17,30H,18-19H2,1-2H3,(H,36,41). The van der Waals surface area contributed by atoms with Crippen LogP contribution in [0.1, 0.15) is 27.5 Å². The van der Waals surface area contributed by atoms with Crippen LogP contribution in [0, 0.1) is 5.82 Å². The first-order chi connectivity index (χ1) is 21.2. The second kappa shape index (κ2) is 13.0. The number of hydrogen-bond acceptors (Lipinski definition) is 6. The van der Waals surface area contributed by atoms with E-state index < -0.39 is 41.9 Å². The van der Waals surface area contributed by atoms with E-state index in [1.54, 1.807) is 60.7 Å². The van der Waals surface area contributed by atoms with Crippen LogP contribution in [0.25, 0.3) is 0 Å². The Morgan fingerprint density at radius 3 is 2.39 bits per heavy atom. The molecule has 0 bridgehead atoms. The summed E-state index contributed by atoms with van der Waals surface area (Å²) >= 11 is 6.09. The molecule has 11 heteroatoms. The van der Waals surface area contributed by atoms with Crippen LogP contribution in [0.5, 0.6) is 11.5 Å². The number of methoxy groups -OCH3 is 2.